The fourth-order valence-electron chi connectivity index (χ4n) is 2.72. The van der Waals surface area contributed by atoms with E-state index in [0.29, 0.717) is 12.1 Å². The summed E-state index contributed by atoms with van der Waals surface area (Å²) in [5.41, 5.74) is 7.94. The van der Waals surface area contributed by atoms with Gasteiger partial charge in [0.2, 0.25) is 0 Å². The Hall–Kier alpha value is -1.57. The fourth-order valence-corrected chi connectivity index (χ4v) is 4.23. The van der Waals surface area contributed by atoms with Crippen molar-refractivity contribution in [2.45, 2.75) is 38.3 Å². The molecule has 3 aromatic heterocycles. The van der Waals surface area contributed by atoms with Crippen LogP contribution in [-0.2, 0) is 6.42 Å². The Morgan fingerprint density at radius 2 is 2.23 bits per heavy atom. The topological polar surface area (TPSA) is 76.7 Å². The van der Waals surface area contributed by atoms with Gasteiger partial charge in [-0.15, -0.1) is 11.3 Å². The van der Waals surface area contributed by atoms with Crippen molar-refractivity contribution in [3.8, 4) is 0 Å². The zero-order valence-corrected chi connectivity index (χ0v) is 13.9. The molecule has 0 aliphatic heterocycles. The van der Waals surface area contributed by atoms with E-state index < -0.39 is 0 Å². The lowest BCUT2D eigenvalue weighted by Gasteiger charge is -2.33. The predicted molar refractivity (Wildman–Crippen MR) is 91.7 cm³/mol. The second-order valence-electron chi connectivity index (χ2n) is 5.81. The summed E-state index contributed by atoms with van der Waals surface area (Å²) in [5, 5.41) is 5.60. The second kappa shape index (κ2) is 5.57. The van der Waals surface area contributed by atoms with Crippen LogP contribution in [0.1, 0.15) is 29.2 Å². The van der Waals surface area contributed by atoms with Crippen LogP contribution >= 0.6 is 22.9 Å². The van der Waals surface area contributed by atoms with Crippen LogP contribution in [0, 0.1) is 6.92 Å². The van der Waals surface area contributed by atoms with E-state index in [2.05, 4.69) is 32.2 Å². The Morgan fingerprint density at radius 3 is 2.95 bits per heavy atom. The summed E-state index contributed by atoms with van der Waals surface area (Å²) >= 11 is 3.21. The molecular weight excluding hydrogens is 314 g/mol. The second-order valence-corrected chi connectivity index (χ2v) is 7.61. The van der Waals surface area contributed by atoms with Crippen molar-refractivity contribution in [1.29, 1.82) is 0 Å². The van der Waals surface area contributed by atoms with Crippen molar-refractivity contribution < 1.29 is 0 Å². The molecule has 1 fully saturated rings. The minimum absolute atomic E-state index is 0.331. The van der Waals surface area contributed by atoms with Crippen molar-refractivity contribution in [3.05, 3.63) is 33.9 Å². The molecule has 1 aliphatic rings. The Bertz CT molecular complexity index is 803. The lowest BCUT2D eigenvalue weighted by atomic mass is 9.88. The van der Waals surface area contributed by atoms with E-state index in [-0.39, 0.29) is 0 Å². The molecule has 4 rings (SSSR count). The van der Waals surface area contributed by atoms with Crippen molar-refractivity contribution in [3.63, 3.8) is 0 Å². The quantitative estimate of drug-likeness (QED) is 0.768. The Labute approximate surface area is 136 Å². The first kappa shape index (κ1) is 14.0. The van der Waals surface area contributed by atoms with Crippen molar-refractivity contribution in [2.75, 3.05) is 5.32 Å². The number of nitrogens with two attached hydrogens (primary N) is 1. The highest BCUT2D eigenvalue weighted by Crippen LogP contribution is 2.30. The number of hydrogen-bond donors (Lipinski definition) is 2. The van der Waals surface area contributed by atoms with Crippen LogP contribution < -0.4 is 11.1 Å². The van der Waals surface area contributed by atoms with E-state index >= 15 is 0 Å². The van der Waals surface area contributed by atoms with Crippen LogP contribution in [-0.4, -0.2) is 26.4 Å². The van der Waals surface area contributed by atoms with Gasteiger partial charge in [0, 0.05) is 23.4 Å². The lowest BCUT2D eigenvalue weighted by molar-refractivity contribution is 0.373. The summed E-state index contributed by atoms with van der Waals surface area (Å²) in [6.45, 7) is 2.01. The summed E-state index contributed by atoms with van der Waals surface area (Å²) in [7, 11) is 0. The SMILES string of the molecule is Cc1cc(Cc2nc(NC3CC(N)C3)c3sccc3n2)sn1. The highest BCUT2D eigenvalue weighted by atomic mass is 32.1. The number of rotatable bonds is 4. The molecule has 1 aliphatic carbocycles. The van der Waals surface area contributed by atoms with Crippen LogP contribution in [0.4, 0.5) is 5.82 Å². The maximum Gasteiger partial charge on any atom is 0.148 e. The van der Waals surface area contributed by atoms with Gasteiger partial charge < -0.3 is 11.1 Å². The molecule has 0 bridgehead atoms. The smallest absolute Gasteiger partial charge is 0.148 e. The number of aromatic nitrogens is 3. The van der Waals surface area contributed by atoms with E-state index in [9.17, 15) is 0 Å². The third kappa shape index (κ3) is 2.71. The van der Waals surface area contributed by atoms with Gasteiger partial charge in [-0.05, 0) is 48.8 Å². The lowest BCUT2D eigenvalue weighted by Crippen LogP contribution is -2.44. The molecule has 3 N–H and O–H groups in total. The van der Waals surface area contributed by atoms with Crippen LogP contribution in [0.3, 0.4) is 0 Å². The van der Waals surface area contributed by atoms with Gasteiger partial charge in [-0.1, -0.05) is 0 Å². The Morgan fingerprint density at radius 1 is 1.36 bits per heavy atom. The number of thiophene rings is 1. The summed E-state index contributed by atoms with van der Waals surface area (Å²) in [5.74, 6) is 1.80. The summed E-state index contributed by atoms with van der Waals surface area (Å²) in [4.78, 5) is 10.6. The molecule has 0 unspecified atom stereocenters. The number of nitrogens with zero attached hydrogens (tertiary/aromatic N) is 3. The molecule has 114 valence electrons. The maximum absolute atomic E-state index is 5.87. The van der Waals surface area contributed by atoms with Gasteiger partial charge in [-0.2, -0.15) is 4.37 Å². The van der Waals surface area contributed by atoms with Crippen molar-refractivity contribution in [2.24, 2.45) is 5.73 Å². The molecule has 0 radical (unpaired) electrons. The first-order valence-corrected chi connectivity index (χ1v) is 9.01. The molecule has 0 amide bonds. The number of hydrogen-bond acceptors (Lipinski definition) is 7. The minimum Gasteiger partial charge on any atom is -0.366 e. The monoisotopic (exact) mass is 331 g/mol. The van der Waals surface area contributed by atoms with Gasteiger partial charge in [-0.3, -0.25) is 0 Å². The van der Waals surface area contributed by atoms with Crippen molar-refractivity contribution in [1.82, 2.24) is 14.3 Å². The van der Waals surface area contributed by atoms with Crippen LogP contribution in [0.5, 0.6) is 0 Å². The third-order valence-corrected chi connectivity index (χ3v) is 5.66. The molecule has 3 aromatic rings. The normalized spacial score (nSPS) is 21.0. The van der Waals surface area contributed by atoms with Crippen molar-refractivity contribution >= 4 is 38.9 Å². The van der Waals surface area contributed by atoms with Gasteiger partial charge in [0.05, 0.1) is 15.9 Å². The van der Waals surface area contributed by atoms with Gasteiger partial charge >= 0.3 is 0 Å². The highest BCUT2D eigenvalue weighted by molar-refractivity contribution is 7.17. The molecule has 0 saturated heterocycles. The van der Waals surface area contributed by atoms with Gasteiger partial charge in [-0.25, -0.2) is 9.97 Å². The van der Waals surface area contributed by atoms with E-state index in [0.717, 1.165) is 46.8 Å². The molecular formula is C15H17N5S2. The van der Waals surface area contributed by atoms with E-state index in [1.807, 2.05) is 6.92 Å². The molecule has 22 heavy (non-hydrogen) atoms. The van der Waals surface area contributed by atoms with Crippen LogP contribution in [0.2, 0.25) is 0 Å². The average Bonchev–Trinajstić information content (AvgIpc) is 3.06. The predicted octanol–water partition coefficient (Wildman–Crippen LogP) is 2.95. The molecule has 7 heteroatoms. The third-order valence-electron chi connectivity index (χ3n) is 3.87. The van der Waals surface area contributed by atoms with E-state index in [4.69, 9.17) is 10.7 Å². The average molecular weight is 331 g/mol. The number of aryl methyl sites for hydroxylation is 1. The maximum atomic E-state index is 5.87. The molecule has 1 saturated carbocycles. The molecule has 5 nitrogen and oxygen atoms in total. The Balaban J connectivity index is 1.64. The Kier molecular flexibility index (Phi) is 3.56. The number of anilines is 1. The van der Waals surface area contributed by atoms with Crippen LogP contribution in [0.15, 0.2) is 17.5 Å². The summed E-state index contributed by atoms with van der Waals surface area (Å²) in [6, 6.07) is 4.93. The van der Waals surface area contributed by atoms with Crippen LogP contribution in [0.25, 0.3) is 10.2 Å². The first-order chi connectivity index (χ1) is 10.7. The highest BCUT2D eigenvalue weighted by Gasteiger charge is 2.26. The minimum atomic E-state index is 0.331. The van der Waals surface area contributed by atoms with Gasteiger partial charge in [0.1, 0.15) is 11.6 Å². The number of fused-ring (bicyclic) bond motifs is 1. The molecule has 0 aromatic carbocycles. The van der Waals surface area contributed by atoms with Gasteiger partial charge in [0.15, 0.2) is 0 Å². The van der Waals surface area contributed by atoms with E-state index in [1.54, 1.807) is 11.3 Å². The summed E-state index contributed by atoms with van der Waals surface area (Å²) < 4.78 is 5.45. The first-order valence-electron chi connectivity index (χ1n) is 7.36. The zero-order chi connectivity index (χ0) is 15.1. The molecule has 0 spiro atoms. The number of nitrogens with one attached hydrogen (secondary N) is 1. The summed E-state index contributed by atoms with van der Waals surface area (Å²) in [6.07, 6.45) is 2.76. The molecule has 3 heterocycles. The van der Waals surface area contributed by atoms with Gasteiger partial charge in [0.25, 0.3) is 0 Å². The zero-order valence-electron chi connectivity index (χ0n) is 12.2. The standard InChI is InChI=1S/C15H17N5S2/c1-8-4-11(22-20-8)7-13-18-12-2-3-21-14(12)15(19-13)17-10-5-9(16)6-10/h2-4,9-10H,5-7,16H2,1H3,(H,17,18,19). The largest absolute Gasteiger partial charge is 0.366 e. The fraction of sp³-hybridized carbons (Fsp3) is 0.400. The molecule has 0 atom stereocenters. The van der Waals surface area contributed by atoms with E-state index in [1.165, 1.54) is 16.4 Å².